The number of aliphatic carboxylic acids is 1. The van der Waals surface area contributed by atoms with E-state index in [1.807, 2.05) is 6.08 Å². The molecule has 0 aromatic carbocycles. The number of rotatable bonds is 8. The van der Waals surface area contributed by atoms with Gasteiger partial charge in [-0.15, -0.1) is 12.4 Å². The number of unbranched alkanes of at least 4 members (excludes halogenated alkanes) is 3. The van der Waals surface area contributed by atoms with Gasteiger partial charge in [-0.25, -0.2) is 4.79 Å². The Labute approximate surface area is 105 Å². The Bertz CT molecular complexity index is 217. The molecule has 0 saturated heterocycles. The fraction of sp³-hybridized carbons (Fsp3) is 0.750. The van der Waals surface area contributed by atoms with E-state index in [-0.39, 0.29) is 12.4 Å². The first-order valence-electron chi connectivity index (χ1n) is 5.66. The Hall–Kier alpha value is -0.540. The Balaban J connectivity index is 0. The first-order chi connectivity index (χ1) is 7.07. The number of nitrogens with zero attached hydrogens (tertiary/aromatic N) is 1. The van der Waals surface area contributed by atoms with Crippen LogP contribution in [-0.4, -0.2) is 36.1 Å². The molecule has 0 amide bonds. The predicted molar refractivity (Wildman–Crippen MR) is 70.3 cm³/mol. The molecule has 0 rings (SSSR count). The maximum atomic E-state index is 10.5. The summed E-state index contributed by atoms with van der Waals surface area (Å²) in [5.41, 5.74) is 0.459. The van der Waals surface area contributed by atoms with Gasteiger partial charge in [0.2, 0.25) is 0 Å². The number of carboxylic acid groups (broad SMARTS) is 1. The zero-order valence-electron chi connectivity index (χ0n) is 10.5. The van der Waals surface area contributed by atoms with Crippen molar-refractivity contribution in [1.29, 1.82) is 0 Å². The van der Waals surface area contributed by atoms with E-state index in [9.17, 15) is 4.79 Å². The second-order valence-electron chi connectivity index (χ2n) is 3.94. The van der Waals surface area contributed by atoms with E-state index in [1.54, 1.807) is 6.92 Å². The monoisotopic (exact) mass is 249 g/mol. The quantitative estimate of drug-likeness (QED) is 0.531. The molecule has 0 atom stereocenters. The molecule has 0 spiro atoms. The van der Waals surface area contributed by atoms with Crippen molar-refractivity contribution in [3.8, 4) is 0 Å². The number of hydrogen-bond donors (Lipinski definition) is 1. The minimum atomic E-state index is -0.805. The third-order valence-corrected chi connectivity index (χ3v) is 2.57. The van der Waals surface area contributed by atoms with Crippen molar-refractivity contribution in [3.63, 3.8) is 0 Å². The van der Waals surface area contributed by atoms with Gasteiger partial charge in [0, 0.05) is 5.57 Å². The number of allylic oxidation sites excluding steroid dienone is 1. The van der Waals surface area contributed by atoms with E-state index in [4.69, 9.17) is 5.11 Å². The van der Waals surface area contributed by atoms with Crippen molar-refractivity contribution in [1.82, 2.24) is 4.90 Å². The summed E-state index contributed by atoms with van der Waals surface area (Å²) < 4.78 is 0. The highest BCUT2D eigenvalue weighted by Gasteiger charge is 1.98. The molecule has 0 saturated carbocycles. The molecule has 16 heavy (non-hydrogen) atoms. The van der Waals surface area contributed by atoms with Gasteiger partial charge in [0.05, 0.1) is 0 Å². The van der Waals surface area contributed by atoms with Gasteiger partial charge in [0.15, 0.2) is 0 Å². The normalized spacial score (nSPS) is 11.4. The molecule has 0 fully saturated rings. The van der Waals surface area contributed by atoms with Crippen LogP contribution in [0.25, 0.3) is 0 Å². The van der Waals surface area contributed by atoms with Crippen LogP contribution in [0.5, 0.6) is 0 Å². The van der Waals surface area contributed by atoms with Crippen molar-refractivity contribution in [2.75, 3.05) is 20.1 Å². The highest BCUT2D eigenvalue weighted by molar-refractivity contribution is 5.85. The molecule has 0 heterocycles. The van der Waals surface area contributed by atoms with Gasteiger partial charge in [0.25, 0.3) is 0 Å². The Kier molecular flexibility index (Phi) is 12.2. The molecule has 1 N–H and O–H groups in total. The lowest BCUT2D eigenvalue weighted by Gasteiger charge is -2.12. The lowest BCUT2D eigenvalue weighted by Crippen LogP contribution is -2.18. The van der Waals surface area contributed by atoms with Gasteiger partial charge < -0.3 is 10.0 Å². The van der Waals surface area contributed by atoms with Crippen molar-refractivity contribution in [2.45, 2.75) is 39.5 Å². The van der Waals surface area contributed by atoms with Gasteiger partial charge in [-0.05, 0) is 46.3 Å². The van der Waals surface area contributed by atoms with Crippen LogP contribution in [0.1, 0.15) is 39.5 Å². The highest BCUT2D eigenvalue weighted by Crippen LogP contribution is 2.04. The highest BCUT2D eigenvalue weighted by atomic mass is 35.5. The summed E-state index contributed by atoms with van der Waals surface area (Å²) in [5, 5.41) is 8.61. The van der Waals surface area contributed by atoms with Crippen LogP contribution in [-0.2, 0) is 4.79 Å². The van der Waals surface area contributed by atoms with E-state index < -0.39 is 5.97 Å². The zero-order chi connectivity index (χ0) is 11.7. The molecule has 0 aliphatic rings. The zero-order valence-corrected chi connectivity index (χ0v) is 11.3. The summed E-state index contributed by atoms with van der Waals surface area (Å²) in [7, 11) is 2.12. The molecule has 0 bridgehead atoms. The van der Waals surface area contributed by atoms with Crippen LogP contribution in [0.3, 0.4) is 0 Å². The van der Waals surface area contributed by atoms with E-state index in [0.29, 0.717) is 5.57 Å². The Morgan fingerprint density at radius 3 is 2.44 bits per heavy atom. The summed E-state index contributed by atoms with van der Waals surface area (Å²) >= 11 is 0. The minimum absolute atomic E-state index is 0. The minimum Gasteiger partial charge on any atom is -0.478 e. The van der Waals surface area contributed by atoms with Gasteiger partial charge in [-0.1, -0.05) is 19.4 Å². The maximum absolute atomic E-state index is 10.5. The van der Waals surface area contributed by atoms with Crippen molar-refractivity contribution in [3.05, 3.63) is 11.6 Å². The van der Waals surface area contributed by atoms with Gasteiger partial charge >= 0.3 is 5.97 Å². The molecule has 0 aromatic heterocycles. The summed E-state index contributed by atoms with van der Waals surface area (Å²) in [5.74, 6) is -0.805. The Morgan fingerprint density at radius 1 is 1.31 bits per heavy atom. The van der Waals surface area contributed by atoms with E-state index in [2.05, 4.69) is 18.9 Å². The largest absolute Gasteiger partial charge is 0.478 e. The molecule has 0 aromatic rings. The summed E-state index contributed by atoms with van der Waals surface area (Å²) in [6, 6.07) is 0. The van der Waals surface area contributed by atoms with Gasteiger partial charge in [-0.3, -0.25) is 0 Å². The smallest absolute Gasteiger partial charge is 0.330 e. The van der Waals surface area contributed by atoms with Gasteiger partial charge in [-0.2, -0.15) is 0 Å². The fourth-order valence-electron chi connectivity index (χ4n) is 1.27. The van der Waals surface area contributed by atoms with Crippen LogP contribution in [0, 0.1) is 0 Å². The van der Waals surface area contributed by atoms with Crippen LogP contribution in [0.15, 0.2) is 11.6 Å². The average molecular weight is 250 g/mol. The van der Waals surface area contributed by atoms with E-state index >= 15 is 0 Å². The van der Waals surface area contributed by atoms with Crippen molar-refractivity contribution < 1.29 is 9.90 Å². The Morgan fingerprint density at radius 2 is 1.94 bits per heavy atom. The third-order valence-electron chi connectivity index (χ3n) is 2.57. The average Bonchev–Trinajstić information content (AvgIpc) is 2.22. The molecular weight excluding hydrogens is 226 g/mol. The van der Waals surface area contributed by atoms with E-state index in [1.165, 1.54) is 12.8 Å². The second kappa shape index (κ2) is 11.0. The topological polar surface area (TPSA) is 40.5 Å². The summed E-state index contributed by atoms with van der Waals surface area (Å²) in [6.07, 6.45) is 6.15. The molecule has 4 heteroatoms. The van der Waals surface area contributed by atoms with Crippen LogP contribution >= 0.6 is 12.4 Å². The predicted octanol–water partition coefficient (Wildman–Crippen LogP) is 2.95. The fourth-order valence-corrected chi connectivity index (χ4v) is 1.27. The lowest BCUT2D eigenvalue weighted by molar-refractivity contribution is -0.132. The summed E-state index contributed by atoms with van der Waals surface area (Å²) in [6.45, 7) is 6.03. The maximum Gasteiger partial charge on any atom is 0.330 e. The SMILES string of the molecule is CCN(C)CCCCCC=C(C)C(=O)O.Cl. The molecule has 0 aliphatic carbocycles. The standard InChI is InChI=1S/C12H23NO2.ClH/c1-4-13(3)10-8-6-5-7-9-11(2)12(14)15;/h9H,4-8,10H2,1-3H3,(H,14,15);1H. The molecule has 96 valence electrons. The van der Waals surface area contributed by atoms with Crippen LogP contribution in [0.2, 0.25) is 0 Å². The number of hydrogen-bond acceptors (Lipinski definition) is 2. The number of carbonyl (C=O) groups is 1. The molecule has 3 nitrogen and oxygen atoms in total. The van der Waals surface area contributed by atoms with Crippen LogP contribution < -0.4 is 0 Å². The molecule has 0 unspecified atom stereocenters. The first-order valence-corrected chi connectivity index (χ1v) is 5.66. The first kappa shape index (κ1) is 17.8. The molecule has 0 radical (unpaired) electrons. The second-order valence-corrected chi connectivity index (χ2v) is 3.94. The van der Waals surface area contributed by atoms with Crippen molar-refractivity contribution >= 4 is 18.4 Å². The number of halogens is 1. The van der Waals surface area contributed by atoms with Gasteiger partial charge in [0.1, 0.15) is 0 Å². The third kappa shape index (κ3) is 9.99. The molecular formula is C12H24ClNO2. The molecule has 0 aliphatic heterocycles. The number of carboxylic acids is 1. The van der Waals surface area contributed by atoms with Crippen LogP contribution in [0.4, 0.5) is 0 Å². The van der Waals surface area contributed by atoms with E-state index in [0.717, 1.165) is 25.9 Å². The summed E-state index contributed by atoms with van der Waals surface area (Å²) in [4.78, 5) is 12.8. The lowest BCUT2D eigenvalue weighted by atomic mass is 10.1. The van der Waals surface area contributed by atoms with Crippen molar-refractivity contribution in [2.24, 2.45) is 0 Å².